The standard InChI is InChI=1S/C16H23Cl2NO/c1-2-7-19-16(13-4-3-8-20-11-13)9-12-5-6-14(17)10-15(12)18/h5-6,10,13,16,19H,2-4,7-9,11H2,1H3. The first-order valence-electron chi connectivity index (χ1n) is 7.45. The quantitative estimate of drug-likeness (QED) is 0.843. The number of nitrogens with one attached hydrogen (secondary N) is 1. The van der Waals surface area contributed by atoms with Gasteiger partial charge in [-0.3, -0.25) is 0 Å². The predicted octanol–water partition coefficient (Wildman–Crippen LogP) is 4.33. The van der Waals surface area contributed by atoms with Gasteiger partial charge in [0.15, 0.2) is 0 Å². The molecule has 1 aromatic rings. The third kappa shape index (κ3) is 4.63. The Hall–Kier alpha value is -0.280. The maximum atomic E-state index is 6.30. The van der Waals surface area contributed by atoms with Gasteiger partial charge < -0.3 is 10.1 Å². The molecule has 2 nitrogen and oxygen atoms in total. The van der Waals surface area contributed by atoms with Crippen LogP contribution in [0.1, 0.15) is 31.7 Å². The van der Waals surface area contributed by atoms with E-state index in [1.54, 1.807) is 0 Å². The van der Waals surface area contributed by atoms with E-state index in [-0.39, 0.29) is 0 Å². The Morgan fingerprint density at radius 1 is 1.40 bits per heavy atom. The van der Waals surface area contributed by atoms with Crippen LogP contribution < -0.4 is 5.32 Å². The zero-order valence-electron chi connectivity index (χ0n) is 12.0. The Balaban J connectivity index is 2.05. The highest BCUT2D eigenvalue weighted by molar-refractivity contribution is 6.35. The molecule has 0 aliphatic carbocycles. The van der Waals surface area contributed by atoms with Crippen LogP contribution in [0.25, 0.3) is 0 Å². The smallest absolute Gasteiger partial charge is 0.0509 e. The van der Waals surface area contributed by atoms with Gasteiger partial charge in [0.1, 0.15) is 0 Å². The van der Waals surface area contributed by atoms with Gasteiger partial charge in [-0.25, -0.2) is 0 Å². The van der Waals surface area contributed by atoms with Gasteiger partial charge in [0.05, 0.1) is 6.61 Å². The molecule has 0 saturated carbocycles. The lowest BCUT2D eigenvalue weighted by Gasteiger charge is -2.31. The molecule has 0 amide bonds. The van der Waals surface area contributed by atoms with Crippen molar-refractivity contribution in [3.8, 4) is 0 Å². The molecule has 1 aromatic carbocycles. The molecular formula is C16H23Cl2NO. The molecular weight excluding hydrogens is 293 g/mol. The van der Waals surface area contributed by atoms with Gasteiger partial charge in [-0.05, 0) is 55.8 Å². The number of rotatable bonds is 6. The third-order valence-electron chi connectivity index (χ3n) is 3.88. The maximum absolute atomic E-state index is 6.30. The lowest BCUT2D eigenvalue weighted by Crippen LogP contribution is -2.42. The molecule has 1 saturated heterocycles. The molecule has 1 aliphatic rings. The number of halogens is 2. The molecule has 2 rings (SSSR count). The maximum Gasteiger partial charge on any atom is 0.0509 e. The van der Waals surface area contributed by atoms with Gasteiger partial charge >= 0.3 is 0 Å². The van der Waals surface area contributed by atoms with Crippen molar-refractivity contribution in [3.63, 3.8) is 0 Å². The molecule has 0 radical (unpaired) electrons. The lowest BCUT2D eigenvalue weighted by molar-refractivity contribution is 0.0393. The molecule has 1 N–H and O–H groups in total. The van der Waals surface area contributed by atoms with Crippen LogP contribution in [0.4, 0.5) is 0 Å². The second-order valence-electron chi connectivity index (χ2n) is 5.48. The highest BCUT2D eigenvalue weighted by Gasteiger charge is 2.24. The van der Waals surface area contributed by atoms with Crippen LogP contribution in [0.5, 0.6) is 0 Å². The average Bonchev–Trinajstić information content (AvgIpc) is 2.46. The van der Waals surface area contributed by atoms with Crippen molar-refractivity contribution < 1.29 is 4.74 Å². The summed E-state index contributed by atoms with van der Waals surface area (Å²) >= 11 is 12.3. The summed E-state index contributed by atoms with van der Waals surface area (Å²) in [5, 5.41) is 5.11. The topological polar surface area (TPSA) is 21.3 Å². The first-order chi connectivity index (χ1) is 9.70. The van der Waals surface area contributed by atoms with Crippen LogP contribution in [0.3, 0.4) is 0 Å². The van der Waals surface area contributed by atoms with Crippen molar-refractivity contribution in [3.05, 3.63) is 33.8 Å². The fourth-order valence-corrected chi connectivity index (χ4v) is 3.23. The zero-order valence-corrected chi connectivity index (χ0v) is 13.5. The van der Waals surface area contributed by atoms with Crippen molar-refractivity contribution in [2.45, 2.75) is 38.6 Å². The van der Waals surface area contributed by atoms with E-state index in [2.05, 4.69) is 12.2 Å². The van der Waals surface area contributed by atoms with E-state index in [4.69, 9.17) is 27.9 Å². The zero-order chi connectivity index (χ0) is 14.4. The predicted molar refractivity (Wildman–Crippen MR) is 85.8 cm³/mol. The highest BCUT2D eigenvalue weighted by atomic mass is 35.5. The normalized spacial score (nSPS) is 20.9. The monoisotopic (exact) mass is 315 g/mol. The van der Waals surface area contributed by atoms with E-state index in [9.17, 15) is 0 Å². The molecule has 112 valence electrons. The molecule has 4 heteroatoms. The second kappa shape index (κ2) is 8.23. The lowest BCUT2D eigenvalue weighted by atomic mass is 9.89. The molecule has 0 bridgehead atoms. The summed E-state index contributed by atoms with van der Waals surface area (Å²) in [4.78, 5) is 0. The SMILES string of the molecule is CCCNC(Cc1ccc(Cl)cc1Cl)C1CCCOC1. The minimum atomic E-state index is 0.425. The number of ether oxygens (including phenoxy) is 1. The van der Waals surface area contributed by atoms with Gasteiger partial charge in [-0.15, -0.1) is 0 Å². The van der Waals surface area contributed by atoms with Gasteiger partial charge in [0, 0.05) is 22.7 Å². The van der Waals surface area contributed by atoms with E-state index in [1.165, 1.54) is 6.42 Å². The van der Waals surface area contributed by atoms with Crippen molar-refractivity contribution in [1.82, 2.24) is 5.32 Å². The van der Waals surface area contributed by atoms with E-state index in [0.29, 0.717) is 17.0 Å². The molecule has 0 aromatic heterocycles. The van der Waals surface area contributed by atoms with Crippen LogP contribution in [-0.4, -0.2) is 25.8 Å². The van der Waals surface area contributed by atoms with Crippen LogP contribution in [0.15, 0.2) is 18.2 Å². The summed E-state index contributed by atoms with van der Waals surface area (Å²) < 4.78 is 5.64. The Kier molecular flexibility index (Phi) is 6.63. The van der Waals surface area contributed by atoms with Crippen LogP contribution in [0, 0.1) is 5.92 Å². The van der Waals surface area contributed by atoms with E-state index >= 15 is 0 Å². The first kappa shape index (κ1) is 16.1. The molecule has 2 atom stereocenters. The van der Waals surface area contributed by atoms with E-state index in [1.807, 2.05) is 18.2 Å². The van der Waals surface area contributed by atoms with Gasteiger partial charge in [0.2, 0.25) is 0 Å². The summed E-state index contributed by atoms with van der Waals surface area (Å²) in [5.74, 6) is 0.571. The summed E-state index contributed by atoms with van der Waals surface area (Å²) in [7, 11) is 0. The second-order valence-corrected chi connectivity index (χ2v) is 6.32. The van der Waals surface area contributed by atoms with E-state index < -0.39 is 0 Å². The van der Waals surface area contributed by atoms with Gasteiger partial charge in [-0.1, -0.05) is 36.2 Å². The Labute approximate surface area is 131 Å². The summed E-state index contributed by atoms with van der Waals surface area (Å²) in [6.45, 7) is 4.98. The van der Waals surface area contributed by atoms with Crippen molar-refractivity contribution in [2.24, 2.45) is 5.92 Å². The molecule has 20 heavy (non-hydrogen) atoms. The number of benzene rings is 1. The summed E-state index contributed by atoms with van der Waals surface area (Å²) in [6.07, 6.45) is 4.46. The van der Waals surface area contributed by atoms with E-state index in [0.717, 1.165) is 49.6 Å². The number of hydrogen-bond acceptors (Lipinski definition) is 2. The average molecular weight is 316 g/mol. The molecule has 1 aliphatic heterocycles. The minimum Gasteiger partial charge on any atom is -0.381 e. The Morgan fingerprint density at radius 3 is 2.90 bits per heavy atom. The summed E-state index contributed by atoms with van der Waals surface area (Å²) in [6, 6.07) is 6.20. The highest BCUT2D eigenvalue weighted by Crippen LogP contribution is 2.26. The fourth-order valence-electron chi connectivity index (χ4n) is 2.74. The number of hydrogen-bond donors (Lipinski definition) is 1. The van der Waals surface area contributed by atoms with Crippen LogP contribution in [0.2, 0.25) is 10.0 Å². The van der Waals surface area contributed by atoms with Crippen molar-refractivity contribution in [1.29, 1.82) is 0 Å². The molecule has 2 unspecified atom stereocenters. The fraction of sp³-hybridized carbons (Fsp3) is 0.625. The summed E-state index contributed by atoms with van der Waals surface area (Å²) in [5.41, 5.74) is 1.16. The first-order valence-corrected chi connectivity index (χ1v) is 8.21. The molecule has 0 spiro atoms. The largest absolute Gasteiger partial charge is 0.381 e. The van der Waals surface area contributed by atoms with Crippen LogP contribution >= 0.6 is 23.2 Å². The van der Waals surface area contributed by atoms with Gasteiger partial charge in [0.25, 0.3) is 0 Å². The molecule has 1 fully saturated rings. The van der Waals surface area contributed by atoms with Crippen molar-refractivity contribution >= 4 is 23.2 Å². The minimum absolute atomic E-state index is 0.425. The Bertz CT molecular complexity index is 419. The van der Waals surface area contributed by atoms with Crippen LogP contribution in [-0.2, 0) is 11.2 Å². The molecule has 1 heterocycles. The van der Waals surface area contributed by atoms with Gasteiger partial charge in [-0.2, -0.15) is 0 Å². The van der Waals surface area contributed by atoms with Crippen molar-refractivity contribution in [2.75, 3.05) is 19.8 Å². The Morgan fingerprint density at radius 2 is 2.25 bits per heavy atom. The third-order valence-corrected chi connectivity index (χ3v) is 4.46.